The van der Waals surface area contributed by atoms with Crippen molar-refractivity contribution in [1.82, 2.24) is 0 Å². The van der Waals surface area contributed by atoms with E-state index in [1.807, 2.05) is 0 Å². The van der Waals surface area contributed by atoms with Crippen molar-refractivity contribution in [1.29, 1.82) is 0 Å². The molecule has 78 valence electrons. The van der Waals surface area contributed by atoms with Gasteiger partial charge in [0, 0.05) is 5.56 Å². The highest BCUT2D eigenvalue weighted by atomic mass is 32.3. The Bertz CT molecular complexity index is 415. The number of rotatable bonds is 3. The fourth-order valence-corrected chi connectivity index (χ4v) is 2.20. The van der Waals surface area contributed by atoms with E-state index in [0.717, 1.165) is 6.07 Å². The van der Waals surface area contributed by atoms with Gasteiger partial charge in [0.1, 0.15) is 11.1 Å². The van der Waals surface area contributed by atoms with Gasteiger partial charge in [0.2, 0.25) is 0 Å². The second-order valence-electron chi connectivity index (χ2n) is 2.89. The minimum absolute atomic E-state index is 0.0137. The topological polar surface area (TPSA) is 34.1 Å². The predicted octanol–water partition coefficient (Wildman–Crippen LogP) is 2.58. The van der Waals surface area contributed by atoms with Gasteiger partial charge in [-0.1, -0.05) is 25.1 Å². The largest absolute Gasteiger partial charge is 0.309 e. The molecule has 0 spiro atoms. The van der Waals surface area contributed by atoms with Crippen molar-refractivity contribution in [2.75, 3.05) is 0 Å². The molecule has 1 aromatic rings. The molecule has 0 fully saturated rings. The Morgan fingerprint density at radius 3 is 2.36 bits per heavy atom. The van der Waals surface area contributed by atoms with Gasteiger partial charge in [0.05, 0.1) is 0 Å². The van der Waals surface area contributed by atoms with Crippen LogP contribution in [0.25, 0.3) is 0 Å². The summed E-state index contributed by atoms with van der Waals surface area (Å²) in [6.07, 6.45) is 0.0137. The molecular formula is C9H10F2O2S. The standard InChI is InChI=1S/C9H10F2O2S/c1-2-9(14(11,12)13)7-5-3-4-6-8(7)10/h3-6,9H,2H2,1H3. The normalized spacial score (nSPS) is 13.9. The second kappa shape index (κ2) is 4.04. The van der Waals surface area contributed by atoms with E-state index in [-0.39, 0.29) is 12.0 Å². The van der Waals surface area contributed by atoms with Crippen LogP contribution in [0, 0.1) is 5.82 Å². The molecule has 1 atom stereocenters. The van der Waals surface area contributed by atoms with Gasteiger partial charge in [-0.2, -0.15) is 8.42 Å². The van der Waals surface area contributed by atoms with E-state index in [1.165, 1.54) is 25.1 Å². The Kier molecular flexibility index (Phi) is 3.21. The van der Waals surface area contributed by atoms with Crippen LogP contribution < -0.4 is 0 Å². The van der Waals surface area contributed by atoms with Crippen LogP contribution in [0.1, 0.15) is 24.2 Å². The van der Waals surface area contributed by atoms with Crippen molar-refractivity contribution >= 4 is 10.2 Å². The molecule has 0 bridgehead atoms. The summed E-state index contributed by atoms with van der Waals surface area (Å²) in [7, 11) is -4.73. The highest BCUT2D eigenvalue weighted by molar-refractivity contribution is 7.86. The Hall–Kier alpha value is -0.970. The van der Waals surface area contributed by atoms with E-state index in [4.69, 9.17) is 0 Å². The first kappa shape index (κ1) is 11.1. The van der Waals surface area contributed by atoms with Crippen molar-refractivity contribution in [3.05, 3.63) is 35.6 Å². The molecule has 0 amide bonds. The zero-order valence-corrected chi connectivity index (χ0v) is 8.39. The smallest absolute Gasteiger partial charge is 0.207 e. The van der Waals surface area contributed by atoms with Crippen molar-refractivity contribution in [2.45, 2.75) is 18.6 Å². The third kappa shape index (κ3) is 2.29. The third-order valence-electron chi connectivity index (χ3n) is 1.96. The summed E-state index contributed by atoms with van der Waals surface area (Å²) in [6, 6.07) is 5.30. The van der Waals surface area contributed by atoms with E-state index < -0.39 is 21.3 Å². The molecule has 0 heterocycles. The van der Waals surface area contributed by atoms with Crippen LogP contribution in [0.2, 0.25) is 0 Å². The van der Waals surface area contributed by atoms with E-state index in [1.54, 1.807) is 0 Å². The average molecular weight is 220 g/mol. The number of hydrogen-bond acceptors (Lipinski definition) is 2. The highest BCUT2D eigenvalue weighted by Crippen LogP contribution is 2.28. The lowest BCUT2D eigenvalue weighted by Gasteiger charge is -2.10. The lowest BCUT2D eigenvalue weighted by Crippen LogP contribution is -2.08. The van der Waals surface area contributed by atoms with Gasteiger partial charge >= 0.3 is 10.2 Å². The van der Waals surface area contributed by atoms with E-state index >= 15 is 0 Å². The molecule has 0 aliphatic rings. The molecule has 0 aromatic heterocycles. The van der Waals surface area contributed by atoms with Gasteiger partial charge < -0.3 is 0 Å². The predicted molar refractivity (Wildman–Crippen MR) is 49.5 cm³/mol. The van der Waals surface area contributed by atoms with Crippen LogP contribution in [-0.4, -0.2) is 8.42 Å². The first-order valence-corrected chi connectivity index (χ1v) is 5.59. The monoisotopic (exact) mass is 220 g/mol. The number of hydrogen-bond donors (Lipinski definition) is 0. The molecule has 0 aliphatic heterocycles. The fourth-order valence-electron chi connectivity index (χ4n) is 1.31. The summed E-state index contributed by atoms with van der Waals surface area (Å²) in [5.41, 5.74) is -0.113. The molecule has 1 aromatic carbocycles. The lowest BCUT2D eigenvalue weighted by atomic mass is 10.1. The summed E-state index contributed by atoms with van der Waals surface area (Å²) in [5.74, 6) is -0.694. The molecule has 0 N–H and O–H groups in total. The van der Waals surface area contributed by atoms with Gasteiger partial charge in [0.25, 0.3) is 0 Å². The number of halogens is 2. The van der Waals surface area contributed by atoms with Crippen molar-refractivity contribution in [2.24, 2.45) is 0 Å². The van der Waals surface area contributed by atoms with Crippen LogP contribution in [-0.2, 0) is 10.2 Å². The van der Waals surface area contributed by atoms with Gasteiger partial charge in [-0.05, 0) is 12.5 Å². The highest BCUT2D eigenvalue weighted by Gasteiger charge is 2.27. The van der Waals surface area contributed by atoms with Gasteiger partial charge in [-0.15, -0.1) is 3.89 Å². The van der Waals surface area contributed by atoms with Crippen molar-refractivity contribution in [3.8, 4) is 0 Å². The van der Waals surface area contributed by atoms with Crippen LogP contribution in [0.15, 0.2) is 24.3 Å². The summed E-state index contributed by atoms with van der Waals surface area (Å²) in [4.78, 5) is 0. The summed E-state index contributed by atoms with van der Waals surface area (Å²) in [6.45, 7) is 1.49. The Morgan fingerprint density at radius 1 is 1.36 bits per heavy atom. The molecule has 14 heavy (non-hydrogen) atoms. The zero-order valence-electron chi connectivity index (χ0n) is 7.57. The zero-order chi connectivity index (χ0) is 10.8. The van der Waals surface area contributed by atoms with Gasteiger partial charge in [-0.25, -0.2) is 4.39 Å². The maximum absolute atomic E-state index is 13.1. The molecular weight excluding hydrogens is 210 g/mol. The van der Waals surface area contributed by atoms with E-state index in [2.05, 4.69) is 0 Å². The fraction of sp³-hybridized carbons (Fsp3) is 0.333. The van der Waals surface area contributed by atoms with Crippen LogP contribution in [0.5, 0.6) is 0 Å². The Labute approximate surface area is 81.8 Å². The maximum atomic E-state index is 13.1. The van der Waals surface area contributed by atoms with Crippen molar-refractivity contribution in [3.63, 3.8) is 0 Å². The first-order valence-electron chi connectivity index (χ1n) is 4.14. The molecule has 2 nitrogen and oxygen atoms in total. The minimum atomic E-state index is -4.73. The molecule has 1 unspecified atom stereocenters. The third-order valence-corrected chi connectivity index (χ3v) is 3.23. The number of benzene rings is 1. The first-order chi connectivity index (χ1) is 6.46. The SMILES string of the molecule is CCC(c1ccccc1F)S(=O)(=O)F. The molecule has 0 aliphatic carbocycles. The quantitative estimate of drug-likeness (QED) is 0.734. The molecule has 0 saturated heterocycles. The van der Waals surface area contributed by atoms with E-state index in [0.29, 0.717) is 0 Å². The summed E-state index contributed by atoms with van der Waals surface area (Å²) < 4.78 is 47.2. The Morgan fingerprint density at radius 2 is 1.93 bits per heavy atom. The van der Waals surface area contributed by atoms with Gasteiger partial charge in [-0.3, -0.25) is 0 Å². The molecule has 0 saturated carbocycles. The van der Waals surface area contributed by atoms with Crippen LogP contribution in [0.4, 0.5) is 8.28 Å². The molecule has 1 rings (SSSR count). The van der Waals surface area contributed by atoms with Crippen LogP contribution >= 0.6 is 0 Å². The lowest BCUT2D eigenvalue weighted by molar-refractivity contribution is 0.525. The molecule has 5 heteroatoms. The van der Waals surface area contributed by atoms with Gasteiger partial charge in [0.15, 0.2) is 0 Å². The average Bonchev–Trinajstić information content (AvgIpc) is 2.07. The minimum Gasteiger partial charge on any atom is -0.207 e. The maximum Gasteiger partial charge on any atom is 0.309 e. The van der Waals surface area contributed by atoms with E-state index in [9.17, 15) is 16.7 Å². The second-order valence-corrected chi connectivity index (χ2v) is 4.41. The van der Waals surface area contributed by atoms with Crippen LogP contribution in [0.3, 0.4) is 0 Å². The summed E-state index contributed by atoms with van der Waals surface area (Å²) >= 11 is 0. The summed E-state index contributed by atoms with van der Waals surface area (Å²) in [5, 5.41) is -1.40. The Balaban J connectivity index is 3.21. The molecule has 0 radical (unpaired) electrons. The van der Waals surface area contributed by atoms with Crippen molar-refractivity contribution < 1.29 is 16.7 Å².